The van der Waals surface area contributed by atoms with Crippen LogP contribution in [0.15, 0.2) is 30.3 Å². The summed E-state index contributed by atoms with van der Waals surface area (Å²) in [6.45, 7) is 0. The highest BCUT2D eigenvalue weighted by Crippen LogP contribution is 2.58. The molecule has 0 N–H and O–H groups in total. The minimum absolute atomic E-state index is 0.0571. The maximum Gasteiger partial charge on any atom is 0.250 e. The second kappa shape index (κ2) is 2.79. The van der Waals surface area contributed by atoms with E-state index in [1.54, 1.807) is 0 Å². The van der Waals surface area contributed by atoms with E-state index in [0.29, 0.717) is 6.42 Å². The summed E-state index contributed by atoms with van der Waals surface area (Å²) in [4.78, 5) is 0. The molecule has 3 heteroatoms. The summed E-state index contributed by atoms with van der Waals surface area (Å²) in [5.74, 6) is -2.53. The number of halogens is 2. The van der Waals surface area contributed by atoms with E-state index >= 15 is 0 Å². The van der Waals surface area contributed by atoms with Gasteiger partial charge in [-0.05, 0) is 12.0 Å². The van der Waals surface area contributed by atoms with Gasteiger partial charge >= 0.3 is 0 Å². The van der Waals surface area contributed by atoms with Crippen LogP contribution in [0.25, 0.3) is 0 Å². The van der Waals surface area contributed by atoms with Crippen molar-refractivity contribution >= 4 is 0 Å². The number of hydrogen-bond acceptors (Lipinski definition) is 1. The molecule has 1 aliphatic carbocycles. The van der Waals surface area contributed by atoms with E-state index in [2.05, 4.69) is 0 Å². The molecule has 1 heterocycles. The van der Waals surface area contributed by atoms with Gasteiger partial charge in [-0.3, -0.25) is 0 Å². The van der Waals surface area contributed by atoms with Gasteiger partial charge in [0.1, 0.15) is 5.60 Å². The van der Waals surface area contributed by atoms with Gasteiger partial charge in [0.2, 0.25) is 0 Å². The molecule has 0 spiro atoms. The van der Waals surface area contributed by atoms with Gasteiger partial charge in [-0.2, -0.15) is 0 Å². The lowest BCUT2D eigenvalue weighted by Crippen LogP contribution is -2.30. The van der Waals surface area contributed by atoms with E-state index in [4.69, 9.17) is 4.74 Å². The van der Waals surface area contributed by atoms with E-state index in [0.717, 1.165) is 5.56 Å². The van der Waals surface area contributed by atoms with Crippen LogP contribution >= 0.6 is 0 Å². The molecule has 0 bridgehead atoms. The summed E-state index contributed by atoms with van der Waals surface area (Å²) >= 11 is 0. The molecule has 2 atom stereocenters. The fourth-order valence-electron chi connectivity index (χ4n) is 2.51. The first-order valence-electron chi connectivity index (χ1n) is 5.24. The molecule has 3 rings (SSSR count). The number of benzene rings is 1. The number of ether oxygens (including phenoxy) is 1. The molecule has 1 aromatic rings. The fourth-order valence-corrected chi connectivity index (χ4v) is 2.51. The Morgan fingerprint density at radius 1 is 1.13 bits per heavy atom. The van der Waals surface area contributed by atoms with Crippen molar-refractivity contribution in [2.75, 3.05) is 0 Å². The van der Waals surface area contributed by atoms with Crippen LogP contribution in [0, 0.1) is 0 Å². The Hall–Kier alpha value is -0.960. The van der Waals surface area contributed by atoms with Crippen LogP contribution in [-0.2, 0) is 10.3 Å². The highest BCUT2D eigenvalue weighted by atomic mass is 19.3. The molecule has 2 fully saturated rings. The summed E-state index contributed by atoms with van der Waals surface area (Å²) in [6, 6.07) is 9.70. The zero-order valence-corrected chi connectivity index (χ0v) is 8.25. The lowest BCUT2D eigenvalue weighted by molar-refractivity contribution is -0.0328. The van der Waals surface area contributed by atoms with E-state index in [9.17, 15) is 8.78 Å². The van der Waals surface area contributed by atoms with Gasteiger partial charge in [-0.1, -0.05) is 30.3 Å². The second-order valence-corrected chi connectivity index (χ2v) is 4.42. The molecule has 15 heavy (non-hydrogen) atoms. The third-order valence-corrected chi connectivity index (χ3v) is 3.42. The van der Waals surface area contributed by atoms with Gasteiger partial charge < -0.3 is 4.74 Å². The van der Waals surface area contributed by atoms with E-state index < -0.39 is 5.92 Å². The summed E-state index contributed by atoms with van der Waals surface area (Å²) in [5.41, 5.74) is 0.661. The number of fused-ring (bicyclic) bond motifs is 1. The summed E-state index contributed by atoms with van der Waals surface area (Å²) in [5, 5.41) is 0. The summed E-state index contributed by atoms with van der Waals surface area (Å²) in [6.07, 6.45) is -0.0155. The molecule has 1 saturated heterocycles. The Morgan fingerprint density at radius 3 is 2.53 bits per heavy atom. The third kappa shape index (κ3) is 1.37. The maximum atomic E-state index is 13.1. The average molecular weight is 210 g/mol. The molecule has 1 aromatic carbocycles. The van der Waals surface area contributed by atoms with Crippen LogP contribution < -0.4 is 0 Å². The van der Waals surface area contributed by atoms with Crippen molar-refractivity contribution in [3.05, 3.63) is 35.9 Å². The minimum atomic E-state index is -2.53. The van der Waals surface area contributed by atoms with Gasteiger partial charge in [0, 0.05) is 12.8 Å². The van der Waals surface area contributed by atoms with Crippen LogP contribution in [0.4, 0.5) is 8.78 Å². The highest BCUT2D eigenvalue weighted by molar-refractivity contribution is 5.30. The van der Waals surface area contributed by atoms with Crippen LogP contribution in [0.1, 0.15) is 24.8 Å². The molecule has 1 aliphatic heterocycles. The minimum Gasteiger partial charge on any atom is -0.361 e. The van der Waals surface area contributed by atoms with E-state index in [-0.39, 0.29) is 24.5 Å². The predicted octanol–water partition coefficient (Wildman–Crippen LogP) is 3.10. The maximum absolute atomic E-state index is 13.1. The van der Waals surface area contributed by atoms with Crippen LogP contribution in [0.5, 0.6) is 0 Å². The predicted molar refractivity (Wildman–Crippen MR) is 51.8 cm³/mol. The standard InChI is InChI=1S/C12H12F2O/c13-11(14)6-7-12(10(8-11)15-12)9-4-2-1-3-5-9/h1-5,10H,6-8H2. The Kier molecular flexibility index (Phi) is 1.72. The Morgan fingerprint density at radius 2 is 1.87 bits per heavy atom. The van der Waals surface area contributed by atoms with Crippen molar-refractivity contribution in [1.82, 2.24) is 0 Å². The molecule has 0 amide bonds. The average Bonchev–Trinajstić information content (AvgIpc) is 2.92. The molecule has 1 nitrogen and oxygen atoms in total. The largest absolute Gasteiger partial charge is 0.361 e. The molecule has 2 unspecified atom stereocenters. The Balaban J connectivity index is 1.86. The summed E-state index contributed by atoms with van der Waals surface area (Å²) in [7, 11) is 0. The first-order chi connectivity index (χ1) is 7.12. The third-order valence-electron chi connectivity index (χ3n) is 3.42. The molecule has 80 valence electrons. The quantitative estimate of drug-likeness (QED) is 0.649. The SMILES string of the molecule is FC1(F)CCC2(c3ccccc3)OC2C1. The first kappa shape index (κ1) is 9.28. The zero-order chi connectivity index (χ0) is 10.5. The van der Waals surface area contributed by atoms with Gasteiger partial charge in [-0.25, -0.2) is 8.78 Å². The van der Waals surface area contributed by atoms with Gasteiger partial charge in [0.25, 0.3) is 5.92 Å². The molecule has 2 aliphatic rings. The van der Waals surface area contributed by atoms with Gasteiger partial charge in [0.05, 0.1) is 6.10 Å². The van der Waals surface area contributed by atoms with Crippen molar-refractivity contribution in [3.63, 3.8) is 0 Å². The Labute approximate surface area is 87.1 Å². The number of rotatable bonds is 1. The molecule has 0 radical (unpaired) electrons. The number of epoxide rings is 1. The summed E-state index contributed by atoms with van der Waals surface area (Å²) < 4.78 is 31.7. The van der Waals surface area contributed by atoms with Crippen molar-refractivity contribution in [2.45, 2.75) is 36.9 Å². The lowest BCUT2D eigenvalue weighted by atomic mass is 9.82. The van der Waals surface area contributed by atoms with Crippen molar-refractivity contribution in [1.29, 1.82) is 0 Å². The zero-order valence-electron chi connectivity index (χ0n) is 8.25. The first-order valence-corrected chi connectivity index (χ1v) is 5.24. The Bertz CT molecular complexity index is 376. The molecular formula is C12H12F2O. The topological polar surface area (TPSA) is 12.5 Å². The molecule has 0 aromatic heterocycles. The highest BCUT2D eigenvalue weighted by Gasteiger charge is 2.64. The van der Waals surface area contributed by atoms with E-state index in [1.165, 1.54) is 0 Å². The van der Waals surface area contributed by atoms with Crippen LogP contribution in [0.2, 0.25) is 0 Å². The molecular weight excluding hydrogens is 198 g/mol. The van der Waals surface area contributed by atoms with Gasteiger partial charge in [-0.15, -0.1) is 0 Å². The number of alkyl halides is 2. The monoisotopic (exact) mass is 210 g/mol. The number of hydrogen-bond donors (Lipinski definition) is 0. The smallest absolute Gasteiger partial charge is 0.250 e. The van der Waals surface area contributed by atoms with E-state index in [1.807, 2.05) is 30.3 Å². The van der Waals surface area contributed by atoms with Crippen molar-refractivity contribution in [2.24, 2.45) is 0 Å². The van der Waals surface area contributed by atoms with Crippen LogP contribution in [-0.4, -0.2) is 12.0 Å². The normalized spacial score (nSPS) is 37.1. The van der Waals surface area contributed by atoms with Crippen molar-refractivity contribution in [3.8, 4) is 0 Å². The van der Waals surface area contributed by atoms with Gasteiger partial charge in [0.15, 0.2) is 0 Å². The van der Waals surface area contributed by atoms with Crippen molar-refractivity contribution < 1.29 is 13.5 Å². The molecule has 1 saturated carbocycles. The van der Waals surface area contributed by atoms with Crippen LogP contribution in [0.3, 0.4) is 0 Å². The second-order valence-electron chi connectivity index (χ2n) is 4.42. The lowest BCUT2D eigenvalue weighted by Gasteiger charge is -2.24. The fraction of sp³-hybridized carbons (Fsp3) is 0.500.